The summed E-state index contributed by atoms with van der Waals surface area (Å²) in [5, 5.41) is 3.01. The van der Waals surface area contributed by atoms with Crippen molar-refractivity contribution in [3.63, 3.8) is 0 Å². The van der Waals surface area contributed by atoms with Gasteiger partial charge >= 0.3 is 0 Å². The Balaban J connectivity index is 1.92. The van der Waals surface area contributed by atoms with Crippen molar-refractivity contribution in [2.24, 2.45) is 11.7 Å². The number of nitrogens with two attached hydrogens (primary N) is 2. The zero-order valence-corrected chi connectivity index (χ0v) is 11.7. The SMILES string of the molecule is Cc1cc(C(=O)NC2CCC(C(N)=O)CC2)ccc1N. The predicted octanol–water partition coefficient (Wildman–Crippen LogP) is 1.35. The van der Waals surface area contributed by atoms with E-state index in [2.05, 4.69) is 5.32 Å². The molecule has 2 rings (SSSR count). The second-order valence-corrected chi connectivity index (χ2v) is 5.50. The van der Waals surface area contributed by atoms with Crippen molar-refractivity contribution in [3.05, 3.63) is 29.3 Å². The molecule has 5 heteroatoms. The van der Waals surface area contributed by atoms with E-state index in [0.717, 1.165) is 31.2 Å². The number of hydrogen-bond donors (Lipinski definition) is 3. The fourth-order valence-electron chi connectivity index (χ4n) is 2.61. The minimum absolute atomic E-state index is 0.0399. The van der Waals surface area contributed by atoms with E-state index in [9.17, 15) is 9.59 Å². The summed E-state index contributed by atoms with van der Waals surface area (Å²) in [7, 11) is 0. The van der Waals surface area contributed by atoms with Crippen molar-refractivity contribution >= 4 is 17.5 Å². The first-order chi connectivity index (χ1) is 9.47. The quantitative estimate of drug-likeness (QED) is 0.726. The molecule has 0 aromatic heterocycles. The molecule has 1 aromatic carbocycles. The summed E-state index contributed by atoms with van der Waals surface area (Å²) >= 11 is 0. The molecule has 1 saturated carbocycles. The molecule has 0 aliphatic heterocycles. The lowest BCUT2D eigenvalue weighted by atomic mass is 9.85. The molecule has 108 valence electrons. The number of nitrogens with one attached hydrogen (secondary N) is 1. The van der Waals surface area contributed by atoms with Crippen LogP contribution in [0.4, 0.5) is 5.69 Å². The number of aryl methyl sites for hydroxylation is 1. The van der Waals surface area contributed by atoms with Gasteiger partial charge in [0.15, 0.2) is 0 Å². The molecular formula is C15H21N3O2. The molecular weight excluding hydrogens is 254 g/mol. The predicted molar refractivity (Wildman–Crippen MR) is 78.0 cm³/mol. The Morgan fingerprint density at radius 2 is 1.85 bits per heavy atom. The molecule has 1 aliphatic carbocycles. The lowest BCUT2D eigenvalue weighted by Crippen LogP contribution is -2.39. The summed E-state index contributed by atoms with van der Waals surface area (Å²) in [6.07, 6.45) is 3.10. The smallest absolute Gasteiger partial charge is 0.251 e. The lowest BCUT2D eigenvalue weighted by molar-refractivity contribution is -0.122. The first-order valence-electron chi connectivity index (χ1n) is 6.93. The maximum absolute atomic E-state index is 12.1. The summed E-state index contributed by atoms with van der Waals surface area (Å²) in [4.78, 5) is 23.2. The Labute approximate surface area is 118 Å². The summed E-state index contributed by atoms with van der Waals surface area (Å²) in [6, 6.07) is 5.39. The highest BCUT2D eigenvalue weighted by atomic mass is 16.2. The van der Waals surface area contributed by atoms with Crippen molar-refractivity contribution in [2.45, 2.75) is 38.6 Å². The van der Waals surface area contributed by atoms with E-state index < -0.39 is 0 Å². The van der Waals surface area contributed by atoms with Gasteiger partial charge in [0, 0.05) is 23.2 Å². The first-order valence-corrected chi connectivity index (χ1v) is 6.93. The van der Waals surface area contributed by atoms with Crippen LogP contribution in [-0.2, 0) is 4.79 Å². The van der Waals surface area contributed by atoms with E-state index in [1.807, 2.05) is 6.92 Å². The maximum atomic E-state index is 12.1. The van der Waals surface area contributed by atoms with Crippen LogP contribution in [0.3, 0.4) is 0 Å². The van der Waals surface area contributed by atoms with Gasteiger partial charge in [0.25, 0.3) is 5.91 Å². The van der Waals surface area contributed by atoms with Crippen LogP contribution in [-0.4, -0.2) is 17.9 Å². The van der Waals surface area contributed by atoms with E-state index in [-0.39, 0.29) is 23.8 Å². The van der Waals surface area contributed by atoms with Crippen LogP contribution < -0.4 is 16.8 Å². The lowest BCUT2D eigenvalue weighted by Gasteiger charge is -2.27. The molecule has 0 saturated heterocycles. The van der Waals surface area contributed by atoms with Crippen molar-refractivity contribution < 1.29 is 9.59 Å². The third kappa shape index (κ3) is 3.29. The molecule has 1 aliphatic rings. The van der Waals surface area contributed by atoms with Gasteiger partial charge in [-0.25, -0.2) is 0 Å². The van der Waals surface area contributed by atoms with Crippen molar-refractivity contribution in [1.29, 1.82) is 0 Å². The number of rotatable bonds is 3. The first kappa shape index (κ1) is 14.4. The van der Waals surface area contributed by atoms with Crippen LogP contribution in [0.5, 0.6) is 0 Å². The van der Waals surface area contributed by atoms with Gasteiger partial charge in [-0.2, -0.15) is 0 Å². The summed E-state index contributed by atoms with van der Waals surface area (Å²) in [5.74, 6) is -0.360. The minimum atomic E-state index is -0.232. The largest absolute Gasteiger partial charge is 0.399 e. The van der Waals surface area contributed by atoms with E-state index in [0.29, 0.717) is 11.3 Å². The molecule has 0 spiro atoms. The number of hydrogen-bond acceptors (Lipinski definition) is 3. The van der Waals surface area contributed by atoms with E-state index in [4.69, 9.17) is 11.5 Å². The van der Waals surface area contributed by atoms with Crippen molar-refractivity contribution in [2.75, 3.05) is 5.73 Å². The number of anilines is 1. The Bertz CT molecular complexity index is 520. The zero-order chi connectivity index (χ0) is 14.7. The van der Waals surface area contributed by atoms with Gasteiger partial charge < -0.3 is 16.8 Å². The number of benzene rings is 1. The van der Waals surface area contributed by atoms with Crippen molar-refractivity contribution in [1.82, 2.24) is 5.32 Å². The topological polar surface area (TPSA) is 98.2 Å². The normalized spacial score (nSPS) is 22.2. The number of carbonyl (C=O) groups excluding carboxylic acids is 2. The molecule has 0 unspecified atom stereocenters. The second kappa shape index (κ2) is 5.94. The van der Waals surface area contributed by atoms with Gasteiger partial charge in [0.2, 0.25) is 5.91 Å². The number of amides is 2. The average Bonchev–Trinajstić information content (AvgIpc) is 2.42. The Kier molecular flexibility index (Phi) is 4.27. The Morgan fingerprint density at radius 3 is 2.40 bits per heavy atom. The van der Waals surface area contributed by atoms with Gasteiger partial charge in [-0.1, -0.05) is 0 Å². The van der Waals surface area contributed by atoms with Crippen LogP contribution >= 0.6 is 0 Å². The maximum Gasteiger partial charge on any atom is 0.251 e. The number of carbonyl (C=O) groups is 2. The standard InChI is InChI=1S/C15H21N3O2/c1-9-8-11(4-7-13(9)16)15(20)18-12-5-2-10(3-6-12)14(17)19/h4,7-8,10,12H,2-3,5-6,16H2,1H3,(H2,17,19)(H,18,20). The highest BCUT2D eigenvalue weighted by Crippen LogP contribution is 2.24. The van der Waals surface area contributed by atoms with Crippen molar-refractivity contribution in [3.8, 4) is 0 Å². The highest BCUT2D eigenvalue weighted by Gasteiger charge is 2.25. The summed E-state index contributed by atoms with van der Waals surface area (Å²) in [5.41, 5.74) is 13.2. The summed E-state index contributed by atoms with van der Waals surface area (Å²) < 4.78 is 0. The van der Waals surface area contributed by atoms with Crippen LogP contribution in [0.15, 0.2) is 18.2 Å². The van der Waals surface area contributed by atoms with Gasteiger partial charge in [0.1, 0.15) is 0 Å². The molecule has 1 aromatic rings. The van der Waals surface area contributed by atoms with E-state index in [1.54, 1.807) is 18.2 Å². The molecule has 20 heavy (non-hydrogen) atoms. The molecule has 1 fully saturated rings. The zero-order valence-electron chi connectivity index (χ0n) is 11.7. The van der Waals surface area contributed by atoms with Gasteiger partial charge in [-0.15, -0.1) is 0 Å². The summed E-state index contributed by atoms with van der Waals surface area (Å²) in [6.45, 7) is 1.88. The Hall–Kier alpha value is -2.04. The molecule has 5 N–H and O–H groups in total. The third-order valence-corrected chi connectivity index (χ3v) is 4.00. The van der Waals surface area contributed by atoms with Crippen LogP contribution in [0.1, 0.15) is 41.6 Å². The fourth-order valence-corrected chi connectivity index (χ4v) is 2.61. The van der Waals surface area contributed by atoms with Crippen LogP contribution in [0.2, 0.25) is 0 Å². The number of primary amides is 1. The minimum Gasteiger partial charge on any atom is -0.399 e. The fraction of sp³-hybridized carbons (Fsp3) is 0.467. The highest BCUT2D eigenvalue weighted by molar-refractivity contribution is 5.95. The molecule has 5 nitrogen and oxygen atoms in total. The van der Waals surface area contributed by atoms with E-state index in [1.165, 1.54) is 0 Å². The van der Waals surface area contributed by atoms with Gasteiger partial charge in [-0.3, -0.25) is 9.59 Å². The van der Waals surface area contributed by atoms with Crippen LogP contribution in [0.25, 0.3) is 0 Å². The molecule has 0 bridgehead atoms. The Morgan fingerprint density at radius 1 is 1.20 bits per heavy atom. The number of nitrogen functional groups attached to an aromatic ring is 1. The van der Waals surface area contributed by atoms with Gasteiger partial charge in [-0.05, 0) is 56.4 Å². The monoisotopic (exact) mass is 275 g/mol. The van der Waals surface area contributed by atoms with E-state index >= 15 is 0 Å². The molecule has 0 atom stereocenters. The average molecular weight is 275 g/mol. The molecule has 2 amide bonds. The molecule has 0 heterocycles. The third-order valence-electron chi connectivity index (χ3n) is 4.00. The second-order valence-electron chi connectivity index (χ2n) is 5.50. The molecule has 0 radical (unpaired) electrons. The van der Waals surface area contributed by atoms with Gasteiger partial charge in [0.05, 0.1) is 0 Å². The van der Waals surface area contributed by atoms with Crippen LogP contribution in [0, 0.1) is 12.8 Å².